The van der Waals surface area contributed by atoms with Crippen LogP contribution in [0.1, 0.15) is 31.2 Å². The lowest BCUT2D eigenvalue weighted by Crippen LogP contribution is -1.93. The van der Waals surface area contributed by atoms with E-state index in [0.717, 1.165) is 11.1 Å². The fourth-order valence-corrected chi connectivity index (χ4v) is 2.24. The van der Waals surface area contributed by atoms with E-state index in [2.05, 4.69) is 17.1 Å². The first-order chi connectivity index (χ1) is 6.95. The third kappa shape index (κ3) is 1.14. The van der Waals surface area contributed by atoms with Gasteiger partial charge in [0.25, 0.3) is 0 Å². The van der Waals surface area contributed by atoms with Crippen LogP contribution >= 0.6 is 0 Å². The highest BCUT2D eigenvalue weighted by Crippen LogP contribution is 2.36. The molecule has 14 heavy (non-hydrogen) atoms. The summed E-state index contributed by atoms with van der Waals surface area (Å²) in [4.78, 5) is 4.17. The van der Waals surface area contributed by atoms with E-state index >= 15 is 0 Å². The number of benzene rings is 1. The van der Waals surface area contributed by atoms with Gasteiger partial charge in [-0.25, -0.2) is 4.98 Å². The zero-order valence-corrected chi connectivity index (χ0v) is 7.99. The van der Waals surface area contributed by atoms with Crippen LogP contribution in [0.5, 0.6) is 0 Å². The molecule has 3 rings (SSSR count). The lowest BCUT2D eigenvalue weighted by molar-refractivity contribution is 0.598. The second-order valence-corrected chi connectivity index (χ2v) is 3.82. The van der Waals surface area contributed by atoms with Gasteiger partial charge in [-0.3, -0.25) is 0 Å². The van der Waals surface area contributed by atoms with Gasteiger partial charge in [-0.1, -0.05) is 25.0 Å². The lowest BCUT2D eigenvalue weighted by atomic mass is 9.97. The number of oxazole rings is 1. The predicted octanol–water partition coefficient (Wildman–Crippen LogP) is 3.32. The number of para-hydroxylation sites is 1. The molecule has 0 unspecified atom stereocenters. The molecule has 1 saturated carbocycles. The van der Waals surface area contributed by atoms with Crippen LogP contribution in [0.3, 0.4) is 0 Å². The van der Waals surface area contributed by atoms with Gasteiger partial charge < -0.3 is 4.42 Å². The Balaban J connectivity index is 2.14. The van der Waals surface area contributed by atoms with Crippen molar-refractivity contribution in [2.45, 2.75) is 25.7 Å². The Hall–Kier alpha value is -1.31. The Kier molecular flexibility index (Phi) is 1.79. The van der Waals surface area contributed by atoms with Gasteiger partial charge in [0.2, 0.25) is 0 Å². The Morgan fingerprint density at radius 1 is 1.14 bits per heavy atom. The van der Waals surface area contributed by atoms with Crippen molar-refractivity contribution in [3.8, 4) is 0 Å². The van der Waals surface area contributed by atoms with Crippen molar-refractivity contribution in [2.75, 3.05) is 0 Å². The molecule has 1 aliphatic carbocycles. The molecule has 1 aromatic heterocycles. The summed E-state index contributed by atoms with van der Waals surface area (Å²) in [5.74, 6) is 1.53. The molecule has 1 fully saturated rings. The van der Waals surface area contributed by atoms with Crippen LogP contribution in [0.15, 0.2) is 29.0 Å². The first-order valence-corrected chi connectivity index (χ1v) is 5.12. The topological polar surface area (TPSA) is 26.0 Å². The molecule has 0 atom stereocenters. The Morgan fingerprint density at radius 3 is 2.86 bits per heavy atom. The molecule has 1 aromatic carbocycles. The van der Waals surface area contributed by atoms with Crippen LogP contribution < -0.4 is 0 Å². The first kappa shape index (κ1) is 8.04. The van der Waals surface area contributed by atoms with Crippen molar-refractivity contribution < 1.29 is 4.42 Å². The van der Waals surface area contributed by atoms with Gasteiger partial charge in [0.1, 0.15) is 5.52 Å². The van der Waals surface area contributed by atoms with E-state index in [1.54, 1.807) is 0 Å². The smallest absolute Gasteiger partial charge is 0.181 e. The summed E-state index contributed by atoms with van der Waals surface area (Å²) >= 11 is 0. The van der Waals surface area contributed by atoms with Crippen molar-refractivity contribution in [2.24, 2.45) is 0 Å². The minimum atomic E-state index is 0.962. The number of hydrogen-bond donors (Lipinski definition) is 0. The summed E-state index contributed by atoms with van der Waals surface area (Å²) in [5, 5.41) is 0. The molecule has 1 radical (unpaired) electrons. The molecule has 2 heteroatoms. The number of rotatable bonds is 1. The fourth-order valence-electron chi connectivity index (χ4n) is 2.24. The highest BCUT2D eigenvalue weighted by Gasteiger charge is 2.21. The monoisotopic (exact) mass is 186 g/mol. The van der Waals surface area contributed by atoms with E-state index in [-0.39, 0.29) is 0 Å². The standard InChI is InChI=1S/C12H12NO/c1-2-5-9(4-1)10-6-3-7-11-12(10)14-8-13-11/h3,6-8H,1-2,4-5H2. The molecule has 1 aliphatic rings. The van der Waals surface area contributed by atoms with Crippen LogP contribution in [0, 0.1) is 5.92 Å². The summed E-state index contributed by atoms with van der Waals surface area (Å²) in [6.07, 6.45) is 6.61. The van der Waals surface area contributed by atoms with Crippen LogP contribution in [-0.2, 0) is 0 Å². The van der Waals surface area contributed by atoms with E-state index in [1.807, 2.05) is 6.07 Å². The quantitative estimate of drug-likeness (QED) is 0.682. The summed E-state index contributed by atoms with van der Waals surface area (Å²) < 4.78 is 5.43. The first-order valence-electron chi connectivity index (χ1n) is 5.12. The molecule has 0 bridgehead atoms. The maximum atomic E-state index is 5.43. The van der Waals surface area contributed by atoms with Gasteiger partial charge in [-0.2, -0.15) is 0 Å². The minimum Gasteiger partial charge on any atom is -0.443 e. The Labute approximate surface area is 82.9 Å². The highest BCUT2D eigenvalue weighted by atomic mass is 16.3. The second-order valence-electron chi connectivity index (χ2n) is 3.82. The molecule has 2 nitrogen and oxygen atoms in total. The molecular formula is C12H12NO. The molecule has 0 aliphatic heterocycles. The van der Waals surface area contributed by atoms with E-state index in [4.69, 9.17) is 4.42 Å². The average Bonchev–Trinajstić information content (AvgIpc) is 2.88. The fraction of sp³-hybridized carbons (Fsp3) is 0.333. The van der Waals surface area contributed by atoms with Crippen molar-refractivity contribution >= 4 is 11.1 Å². The molecule has 0 N–H and O–H groups in total. The van der Waals surface area contributed by atoms with Crippen molar-refractivity contribution in [3.05, 3.63) is 36.1 Å². The van der Waals surface area contributed by atoms with Gasteiger partial charge in [0.05, 0.1) is 0 Å². The summed E-state index contributed by atoms with van der Waals surface area (Å²) in [5.41, 5.74) is 3.21. The summed E-state index contributed by atoms with van der Waals surface area (Å²) in [6.45, 7) is 0. The average molecular weight is 186 g/mol. The predicted molar refractivity (Wildman–Crippen MR) is 54.8 cm³/mol. The largest absolute Gasteiger partial charge is 0.443 e. The lowest BCUT2D eigenvalue weighted by Gasteiger charge is -2.07. The van der Waals surface area contributed by atoms with Crippen molar-refractivity contribution in [1.82, 2.24) is 4.98 Å². The van der Waals surface area contributed by atoms with Crippen molar-refractivity contribution in [1.29, 1.82) is 0 Å². The Bertz CT molecular complexity index is 440. The molecule has 0 amide bonds. The Morgan fingerprint density at radius 2 is 2.00 bits per heavy atom. The number of fused-ring (bicyclic) bond motifs is 1. The third-order valence-corrected chi connectivity index (χ3v) is 2.94. The normalized spacial score (nSPS) is 18.0. The molecule has 71 valence electrons. The third-order valence-electron chi connectivity index (χ3n) is 2.94. The molecular weight excluding hydrogens is 174 g/mol. The minimum absolute atomic E-state index is 0.962. The maximum Gasteiger partial charge on any atom is 0.181 e. The van der Waals surface area contributed by atoms with Gasteiger partial charge in [0, 0.05) is 11.5 Å². The zero-order valence-electron chi connectivity index (χ0n) is 7.99. The SMILES string of the molecule is c1cc([C]2CCCC2)c2ocnc2c1. The molecule has 2 aromatic rings. The second kappa shape index (κ2) is 3.12. The summed E-state index contributed by atoms with van der Waals surface area (Å²) in [6, 6.07) is 6.21. The van der Waals surface area contributed by atoms with Gasteiger partial charge in [-0.05, 0) is 18.9 Å². The van der Waals surface area contributed by atoms with E-state index in [1.165, 1.54) is 43.6 Å². The molecule has 0 saturated heterocycles. The van der Waals surface area contributed by atoms with Crippen LogP contribution in [0.25, 0.3) is 11.1 Å². The zero-order chi connectivity index (χ0) is 9.38. The maximum absolute atomic E-state index is 5.43. The van der Waals surface area contributed by atoms with E-state index in [0.29, 0.717) is 0 Å². The van der Waals surface area contributed by atoms with Crippen LogP contribution in [0.2, 0.25) is 0 Å². The summed E-state index contributed by atoms with van der Waals surface area (Å²) in [7, 11) is 0. The van der Waals surface area contributed by atoms with Gasteiger partial charge in [-0.15, -0.1) is 0 Å². The van der Waals surface area contributed by atoms with Crippen LogP contribution in [0.4, 0.5) is 0 Å². The van der Waals surface area contributed by atoms with Crippen molar-refractivity contribution in [3.63, 3.8) is 0 Å². The molecule has 1 heterocycles. The van der Waals surface area contributed by atoms with E-state index in [9.17, 15) is 0 Å². The highest BCUT2D eigenvalue weighted by molar-refractivity contribution is 5.78. The number of nitrogens with zero attached hydrogens (tertiary/aromatic N) is 1. The molecule has 0 spiro atoms. The van der Waals surface area contributed by atoms with Gasteiger partial charge >= 0.3 is 0 Å². The van der Waals surface area contributed by atoms with E-state index < -0.39 is 0 Å². The number of aromatic nitrogens is 1. The van der Waals surface area contributed by atoms with Crippen LogP contribution in [-0.4, -0.2) is 4.98 Å². The van der Waals surface area contributed by atoms with Gasteiger partial charge in [0.15, 0.2) is 12.0 Å². The number of hydrogen-bond acceptors (Lipinski definition) is 2.